The van der Waals surface area contributed by atoms with Crippen LogP contribution in [0, 0.1) is 0 Å². The van der Waals surface area contributed by atoms with Crippen LogP contribution in [0.5, 0.6) is 0 Å². The van der Waals surface area contributed by atoms with E-state index in [1.54, 1.807) is 0 Å². The minimum absolute atomic E-state index is 0.388. The van der Waals surface area contributed by atoms with Crippen LogP contribution >= 0.6 is 0 Å². The van der Waals surface area contributed by atoms with Crippen molar-refractivity contribution in [3.8, 4) is 0 Å². The van der Waals surface area contributed by atoms with Crippen LogP contribution in [0.25, 0.3) is 0 Å². The maximum atomic E-state index is 6.04. The quantitative estimate of drug-likeness (QED) is 0.485. The molecule has 0 radical (unpaired) electrons. The van der Waals surface area contributed by atoms with E-state index in [2.05, 4.69) is 12.2 Å². The Kier molecular flexibility index (Phi) is 10.3. The third-order valence-electron chi connectivity index (χ3n) is 2.99. The summed E-state index contributed by atoms with van der Waals surface area (Å²) < 4.78 is 0. The van der Waals surface area contributed by atoms with Gasteiger partial charge in [-0.25, -0.2) is 0 Å². The van der Waals surface area contributed by atoms with E-state index in [4.69, 9.17) is 11.5 Å². The lowest BCUT2D eigenvalue weighted by Gasteiger charge is -2.14. The zero-order valence-electron chi connectivity index (χ0n) is 10.5. The summed E-state index contributed by atoms with van der Waals surface area (Å²) in [4.78, 5) is 0. The first kappa shape index (κ1) is 14.9. The van der Waals surface area contributed by atoms with Crippen molar-refractivity contribution in [1.29, 1.82) is 0 Å². The molecule has 0 saturated heterocycles. The van der Waals surface area contributed by atoms with Crippen molar-refractivity contribution in [2.75, 3.05) is 13.6 Å². The highest BCUT2D eigenvalue weighted by atomic mass is 14.8. The highest BCUT2D eigenvalue weighted by Gasteiger charge is 2.04. The molecule has 0 aromatic rings. The fourth-order valence-electron chi connectivity index (χ4n) is 1.66. The topological polar surface area (TPSA) is 64.1 Å². The smallest absolute Gasteiger partial charge is 0.00394 e. The normalized spacial score (nSPS) is 15.2. The van der Waals surface area contributed by atoms with Crippen molar-refractivity contribution in [1.82, 2.24) is 5.32 Å². The van der Waals surface area contributed by atoms with Crippen molar-refractivity contribution in [3.05, 3.63) is 0 Å². The molecule has 0 amide bonds. The highest BCUT2D eigenvalue weighted by molar-refractivity contribution is 4.66. The highest BCUT2D eigenvalue weighted by Crippen LogP contribution is 2.08. The summed E-state index contributed by atoms with van der Waals surface area (Å²) in [7, 11) is 2.00. The minimum Gasteiger partial charge on any atom is -0.330 e. The first-order chi connectivity index (χ1) is 7.20. The Hall–Kier alpha value is -0.120. The largest absolute Gasteiger partial charge is 0.330 e. The molecule has 3 nitrogen and oxygen atoms in total. The van der Waals surface area contributed by atoms with Crippen LogP contribution in [-0.2, 0) is 0 Å². The van der Waals surface area contributed by atoms with Gasteiger partial charge in [0, 0.05) is 12.1 Å². The van der Waals surface area contributed by atoms with Gasteiger partial charge < -0.3 is 16.8 Å². The summed E-state index contributed by atoms with van der Waals surface area (Å²) in [5.41, 5.74) is 11.5. The van der Waals surface area contributed by atoms with E-state index in [1.807, 2.05) is 7.05 Å². The van der Waals surface area contributed by atoms with Crippen LogP contribution in [0.15, 0.2) is 0 Å². The van der Waals surface area contributed by atoms with E-state index in [-0.39, 0.29) is 0 Å². The molecule has 2 unspecified atom stereocenters. The lowest BCUT2D eigenvalue weighted by molar-refractivity contribution is 0.461. The van der Waals surface area contributed by atoms with Gasteiger partial charge in [0.15, 0.2) is 0 Å². The number of hydrogen-bond donors (Lipinski definition) is 3. The first-order valence-corrected chi connectivity index (χ1v) is 6.33. The summed E-state index contributed by atoms with van der Waals surface area (Å²) in [6.45, 7) is 3.03. The molecule has 0 aliphatic carbocycles. The number of hydrogen-bond acceptors (Lipinski definition) is 3. The summed E-state index contributed by atoms with van der Waals surface area (Å²) in [6, 6.07) is 0.979. The number of nitrogens with two attached hydrogens (primary N) is 2. The second-order valence-corrected chi connectivity index (χ2v) is 4.52. The molecule has 0 bridgehead atoms. The number of unbranched alkanes of at least 4 members (excludes halogenated alkanes) is 3. The van der Waals surface area contributed by atoms with Gasteiger partial charge in [-0.1, -0.05) is 19.3 Å². The van der Waals surface area contributed by atoms with Crippen LogP contribution in [0.2, 0.25) is 0 Å². The second-order valence-electron chi connectivity index (χ2n) is 4.52. The van der Waals surface area contributed by atoms with E-state index in [0.717, 1.165) is 19.4 Å². The summed E-state index contributed by atoms with van der Waals surface area (Å²) in [5, 5.41) is 3.23. The molecule has 0 aliphatic heterocycles. The maximum Gasteiger partial charge on any atom is 0.00394 e. The molecule has 3 heteroatoms. The van der Waals surface area contributed by atoms with E-state index < -0.39 is 0 Å². The van der Waals surface area contributed by atoms with Crippen LogP contribution in [0.3, 0.4) is 0 Å². The van der Waals surface area contributed by atoms with Crippen molar-refractivity contribution in [2.24, 2.45) is 11.5 Å². The Morgan fingerprint density at radius 1 is 1.00 bits per heavy atom. The summed E-state index contributed by atoms with van der Waals surface area (Å²) >= 11 is 0. The van der Waals surface area contributed by atoms with Crippen LogP contribution < -0.4 is 16.8 Å². The van der Waals surface area contributed by atoms with Gasteiger partial charge in [0.2, 0.25) is 0 Å². The van der Waals surface area contributed by atoms with Crippen molar-refractivity contribution >= 4 is 0 Å². The Morgan fingerprint density at radius 3 is 2.27 bits per heavy atom. The molecule has 5 N–H and O–H groups in total. The van der Waals surface area contributed by atoms with Gasteiger partial charge in [-0.2, -0.15) is 0 Å². The number of nitrogens with one attached hydrogen (secondary N) is 1. The molecule has 0 aromatic carbocycles. The summed E-state index contributed by atoms with van der Waals surface area (Å²) in [5.74, 6) is 0. The minimum atomic E-state index is 0.388. The zero-order valence-corrected chi connectivity index (χ0v) is 10.5. The predicted molar refractivity (Wildman–Crippen MR) is 67.9 cm³/mol. The fourth-order valence-corrected chi connectivity index (χ4v) is 1.66. The first-order valence-electron chi connectivity index (χ1n) is 6.33. The Balaban J connectivity index is 3.21. The van der Waals surface area contributed by atoms with Crippen LogP contribution in [-0.4, -0.2) is 25.7 Å². The molecule has 92 valence electrons. The molecule has 0 aromatic heterocycles. The number of rotatable bonds is 10. The van der Waals surface area contributed by atoms with Gasteiger partial charge in [-0.15, -0.1) is 0 Å². The fraction of sp³-hybridized carbons (Fsp3) is 1.00. The van der Waals surface area contributed by atoms with Crippen LogP contribution in [0.1, 0.15) is 51.9 Å². The SMILES string of the molecule is CNC(C)CCC(N)CCCCCCN. The van der Waals surface area contributed by atoms with Crippen molar-refractivity contribution in [3.63, 3.8) is 0 Å². The van der Waals surface area contributed by atoms with E-state index >= 15 is 0 Å². The zero-order chi connectivity index (χ0) is 11.5. The average molecular weight is 215 g/mol. The molecule has 0 saturated carbocycles. The molecular weight excluding hydrogens is 186 g/mol. The van der Waals surface area contributed by atoms with Gasteiger partial charge in [-0.05, 0) is 46.2 Å². The van der Waals surface area contributed by atoms with Crippen molar-refractivity contribution in [2.45, 2.75) is 64.0 Å². The molecule has 0 heterocycles. The second kappa shape index (κ2) is 10.4. The standard InChI is InChI=1S/C12H29N3/c1-11(15-2)8-9-12(14)7-5-3-4-6-10-13/h11-12,15H,3-10,13-14H2,1-2H3. The van der Waals surface area contributed by atoms with Crippen LogP contribution in [0.4, 0.5) is 0 Å². The van der Waals surface area contributed by atoms with Gasteiger partial charge in [-0.3, -0.25) is 0 Å². The molecule has 0 spiro atoms. The predicted octanol–water partition coefficient (Wildman–Crippen LogP) is 1.61. The molecule has 15 heavy (non-hydrogen) atoms. The Morgan fingerprint density at radius 2 is 1.67 bits per heavy atom. The molecular formula is C12H29N3. The van der Waals surface area contributed by atoms with Gasteiger partial charge in [0.1, 0.15) is 0 Å². The lowest BCUT2D eigenvalue weighted by atomic mass is 10.0. The van der Waals surface area contributed by atoms with E-state index in [9.17, 15) is 0 Å². The lowest BCUT2D eigenvalue weighted by Crippen LogP contribution is -2.26. The third-order valence-corrected chi connectivity index (χ3v) is 2.99. The molecule has 2 atom stereocenters. The van der Waals surface area contributed by atoms with Gasteiger partial charge in [0.05, 0.1) is 0 Å². The monoisotopic (exact) mass is 215 g/mol. The molecule has 0 fully saturated rings. The van der Waals surface area contributed by atoms with Gasteiger partial charge in [0.25, 0.3) is 0 Å². The van der Waals surface area contributed by atoms with E-state index in [0.29, 0.717) is 12.1 Å². The van der Waals surface area contributed by atoms with E-state index in [1.165, 1.54) is 32.1 Å². The van der Waals surface area contributed by atoms with Crippen molar-refractivity contribution < 1.29 is 0 Å². The third kappa shape index (κ3) is 10.2. The maximum absolute atomic E-state index is 6.04. The molecule has 0 aliphatic rings. The molecule has 0 rings (SSSR count). The Labute approximate surface area is 95.0 Å². The van der Waals surface area contributed by atoms with Gasteiger partial charge >= 0.3 is 0 Å². The summed E-state index contributed by atoms with van der Waals surface area (Å²) in [6.07, 6.45) is 8.45. The average Bonchev–Trinajstić information content (AvgIpc) is 2.25. The Bertz CT molecular complexity index is 128.